The van der Waals surface area contributed by atoms with Crippen molar-refractivity contribution in [2.24, 2.45) is 0 Å². The number of hydrogen-bond donors (Lipinski definition) is 0. The lowest BCUT2D eigenvalue weighted by atomic mass is 10.1. The number of carbonyl (C=O) groups is 3. The van der Waals surface area contributed by atoms with Crippen molar-refractivity contribution < 1.29 is 14.4 Å². The van der Waals surface area contributed by atoms with Crippen LogP contribution in [0.4, 0.5) is 0 Å². The van der Waals surface area contributed by atoms with E-state index in [1.165, 1.54) is 6.42 Å². The van der Waals surface area contributed by atoms with Crippen LogP contribution in [0.2, 0.25) is 0 Å². The Morgan fingerprint density at radius 1 is 0.786 bits per heavy atom. The summed E-state index contributed by atoms with van der Waals surface area (Å²) in [6, 6.07) is 7.51. The average Bonchev–Trinajstić information content (AvgIpc) is 3.12. The summed E-state index contributed by atoms with van der Waals surface area (Å²) >= 11 is 0. The van der Waals surface area contributed by atoms with Crippen LogP contribution in [0.25, 0.3) is 10.9 Å². The number of benzene rings is 1. The highest BCUT2D eigenvalue weighted by Crippen LogP contribution is 2.23. The van der Waals surface area contributed by atoms with Crippen molar-refractivity contribution in [3.05, 3.63) is 36.0 Å². The first-order valence-electron chi connectivity index (χ1n) is 10.3. The van der Waals surface area contributed by atoms with Crippen molar-refractivity contribution in [2.45, 2.75) is 45.1 Å². The van der Waals surface area contributed by atoms with Gasteiger partial charge in [-0.05, 0) is 44.6 Å². The summed E-state index contributed by atoms with van der Waals surface area (Å²) in [4.78, 5) is 42.0. The lowest BCUT2D eigenvalue weighted by Gasteiger charge is -2.27. The molecule has 2 saturated heterocycles. The van der Waals surface area contributed by atoms with Gasteiger partial charge in [0.15, 0.2) is 0 Å². The summed E-state index contributed by atoms with van der Waals surface area (Å²) in [7, 11) is 0. The van der Waals surface area contributed by atoms with E-state index in [0.717, 1.165) is 56.1 Å². The number of rotatable bonds is 4. The van der Waals surface area contributed by atoms with Crippen molar-refractivity contribution >= 4 is 28.5 Å². The van der Waals surface area contributed by atoms with Crippen LogP contribution in [0.3, 0.4) is 0 Å². The van der Waals surface area contributed by atoms with E-state index in [4.69, 9.17) is 0 Å². The van der Waals surface area contributed by atoms with Gasteiger partial charge in [-0.2, -0.15) is 0 Å². The predicted octanol–water partition coefficient (Wildman–Crippen LogP) is 2.85. The largest absolute Gasteiger partial charge is 0.341 e. The third kappa shape index (κ3) is 3.68. The summed E-state index contributed by atoms with van der Waals surface area (Å²) in [5.74, 6) is -0.825. The lowest BCUT2D eigenvalue weighted by Crippen LogP contribution is -2.40. The van der Waals surface area contributed by atoms with Gasteiger partial charge < -0.3 is 14.4 Å². The number of Topliss-reactive ketones (excluding diaryl/α,β-unsaturated/α-hetero) is 1. The highest BCUT2D eigenvalue weighted by atomic mass is 16.2. The molecule has 148 valence electrons. The second-order valence-corrected chi connectivity index (χ2v) is 7.81. The van der Waals surface area contributed by atoms with Crippen LogP contribution in [0.5, 0.6) is 0 Å². The van der Waals surface area contributed by atoms with E-state index in [1.54, 1.807) is 11.1 Å². The minimum atomic E-state index is -0.470. The maximum absolute atomic E-state index is 13.0. The summed E-state index contributed by atoms with van der Waals surface area (Å²) < 4.78 is 1.82. The number of piperidine rings is 2. The maximum atomic E-state index is 13.0. The topological polar surface area (TPSA) is 62.6 Å². The first-order valence-corrected chi connectivity index (χ1v) is 10.3. The minimum absolute atomic E-state index is 0.0711. The standard InChI is InChI=1S/C22H27N3O3/c26-20(23-11-5-1-6-12-23)16-25-15-18(17-9-3-4-10-19(17)25)21(27)22(28)24-13-7-2-8-14-24/h3-4,9-10,15H,1-2,5-8,11-14,16H2. The molecule has 0 N–H and O–H groups in total. The molecule has 6 nitrogen and oxygen atoms in total. The Balaban J connectivity index is 1.59. The minimum Gasteiger partial charge on any atom is -0.341 e. The number of hydrogen-bond acceptors (Lipinski definition) is 3. The molecule has 3 heterocycles. The van der Waals surface area contributed by atoms with E-state index in [0.29, 0.717) is 18.7 Å². The Labute approximate surface area is 165 Å². The summed E-state index contributed by atoms with van der Waals surface area (Å²) in [6.07, 6.45) is 7.97. The van der Waals surface area contributed by atoms with Crippen LogP contribution in [0.15, 0.2) is 30.5 Å². The van der Waals surface area contributed by atoms with E-state index in [9.17, 15) is 14.4 Å². The molecule has 2 fully saturated rings. The zero-order chi connectivity index (χ0) is 19.5. The zero-order valence-corrected chi connectivity index (χ0v) is 16.2. The number of para-hydroxylation sites is 1. The van der Waals surface area contributed by atoms with Crippen molar-refractivity contribution in [1.82, 2.24) is 14.4 Å². The van der Waals surface area contributed by atoms with E-state index in [2.05, 4.69) is 0 Å². The summed E-state index contributed by atoms with van der Waals surface area (Å²) in [6.45, 7) is 3.10. The Hall–Kier alpha value is -2.63. The fourth-order valence-corrected chi connectivity index (χ4v) is 4.30. The molecule has 0 spiro atoms. The van der Waals surface area contributed by atoms with Crippen molar-refractivity contribution in [2.75, 3.05) is 26.2 Å². The predicted molar refractivity (Wildman–Crippen MR) is 107 cm³/mol. The number of aromatic nitrogens is 1. The van der Waals surface area contributed by atoms with Gasteiger partial charge in [-0.1, -0.05) is 18.2 Å². The molecule has 0 radical (unpaired) electrons. The molecule has 0 atom stereocenters. The maximum Gasteiger partial charge on any atom is 0.295 e. The van der Waals surface area contributed by atoms with Gasteiger partial charge in [0, 0.05) is 43.3 Å². The van der Waals surface area contributed by atoms with E-state index in [-0.39, 0.29) is 12.5 Å². The smallest absolute Gasteiger partial charge is 0.295 e. The van der Waals surface area contributed by atoms with Gasteiger partial charge in [0.25, 0.3) is 11.7 Å². The van der Waals surface area contributed by atoms with E-state index >= 15 is 0 Å². The van der Waals surface area contributed by atoms with Crippen LogP contribution in [0.1, 0.15) is 48.9 Å². The fourth-order valence-electron chi connectivity index (χ4n) is 4.30. The summed E-state index contributed by atoms with van der Waals surface area (Å²) in [5, 5.41) is 0.740. The Bertz CT molecular complexity index is 890. The van der Waals surface area contributed by atoms with Crippen molar-refractivity contribution in [3.8, 4) is 0 Å². The molecule has 2 aliphatic heterocycles. The van der Waals surface area contributed by atoms with Gasteiger partial charge in [0.2, 0.25) is 5.91 Å². The molecular weight excluding hydrogens is 354 g/mol. The molecule has 1 aromatic heterocycles. The van der Waals surface area contributed by atoms with Gasteiger partial charge in [-0.3, -0.25) is 14.4 Å². The molecule has 0 bridgehead atoms. The van der Waals surface area contributed by atoms with Gasteiger partial charge in [-0.25, -0.2) is 0 Å². The third-order valence-electron chi connectivity index (χ3n) is 5.89. The molecule has 28 heavy (non-hydrogen) atoms. The number of likely N-dealkylation sites (tertiary alicyclic amines) is 2. The van der Waals surface area contributed by atoms with Gasteiger partial charge in [0.1, 0.15) is 6.54 Å². The van der Waals surface area contributed by atoms with Crippen LogP contribution in [0, 0.1) is 0 Å². The molecule has 0 unspecified atom stereocenters. The highest BCUT2D eigenvalue weighted by Gasteiger charge is 2.28. The fraction of sp³-hybridized carbons (Fsp3) is 0.500. The molecular formula is C22H27N3O3. The SMILES string of the molecule is O=C(C(=O)N1CCCCC1)c1cn(CC(=O)N2CCCCC2)c2ccccc12. The van der Waals surface area contributed by atoms with Gasteiger partial charge >= 0.3 is 0 Å². The van der Waals surface area contributed by atoms with Gasteiger partial charge in [0.05, 0.1) is 5.56 Å². The molecule has 0 saturated carbocycles. The summed E-state index contributed by atoms with van der Waals surface area (Å²) in [5.41, 5.74) is 1.22. The van der Waals surface area contributed by atoms with Gasteiger partial charge in [-0.15, -0.1) is 0 Å². The second-order valence-electron chi connectivity index (χ2n) is 7.81. The molecule has 4 rings (SSSR count). The van der Waals surface area contributed by atoms with Crippen LogP contribution < -0.4 is 0 Å². The molecule has 6 heteroatoms. The van der Waals surface area contributed by atoms with E-state index in [1.807, 2.05) is 33.7 Å². The molecule has 2 amide bonds. The second kappa shape index (κ2) is 8.17. The first-order chi connectivity index (χ1) is 13.6. The monoisotopic (exact) mass is 381 g/mol. The molecule has 0 aliphatic carbocycles. The Morgan fingerprint density at radius 3 is 2.07 bits per heavy atom. The molecule has 2 aliphatic rings. The Morgan fingerprint density at radius 2 is 1.39 bits per heavy atom. The number of amides is 2. The highest BCUT2D eigenvalue weighted by molar-refractivity contribution is 6.44. The molecule has 2 aromatic rings. The van der Waals surface area contributed by atoms with Crippen LogP contribution in [-0.4, -0.2) is 58.1 Å². The van der Waals surface area contributed by atoms with Crippen molar-refractivity contribution in [1.29, 1.82) is 0 Å². The number of nitrogens with zero attached hydrogens (tertiary/aromatic N) is 3. The first kappa shape index (κ1) is 18.7. The van der Waals surface area contributed by atoms with Crippen molar-refractivity contribution in [3.63, 3.8) is 0 Å². The lowest BCUT2D eigenvalue weighted by molar-refractivity contribution is -0.132. The number of ketones is 1. The normalized spacial score (nSPS) is 17.7. The molecule has 1 aromatic carbocycles. The van der Waals surface area contributed by atoms with Crippen LogP contribution in [-0.2, 0) is 16.1 Å². The average molecular weight is 381 g/mol. The number of carbonyl (C=O) groups excluding carboxylic acids is 3. The van der Waals surface area contributed by atoms with E-state index < -0.39 is 11.7 Å². The Kier molecular flexibility index (Phi) is 5.46. The third-order valence-corrected chi connectivity index (χ3v) is 5.89. The number of fused-ring (bicyclic) bond motifs is 1. The zero-order valence-electron chi connectivity index (χ0n) is 16.2. The quantitative estimate of drug-likeness (QED) is 0.604. The van der Waals surface area contributed by atoms with Crippen LogP contribution >= 0.6 is 0 Å².